The molecule has 0 unspecified atom stereocenters. The molecule has 1 aromatic rings. The van der Waals surface area contributed by atoms with Crippen LogP contribution in [-0.2, 0) is 9.53 Å². The highest BCUT2D eigenvalue weighted by molar-refractivity contribution is 7.98. The molecule has 0 bridgehead atoms. The molecule has 94 valence electrons. The van der Waals surface area contributed by atoms with Gasteiger partial charge in [0.15, 0.2) is 0 Å². The van der Waals surface area contributed by atoms with Crippen molar-refractivity contribution >= 4 is 29.3 Å². The lowest BCUT2D eigenvalue weighted by Gasteiger charge is -2.20. The molecule has 17 heavy (non-hydrogen) atoms. The average Bonchev–Trinajstić information content (AvgIpc) is 2.27. The van der Waals surface area contributed by atoms with Gasteiger partial charge in [-0.1, -0.05) is 24.6 Å². The zero-order valence-electron chi connectivity index (χ0n) is 10.5. The summed E-state index contributed by atoms with van der Waals surface area (Å²) in [6.07, 6.45) is 1.84. The van der Waals surface area contributed by atoms with E-state index in [2.05, 4.69) is 0 Å². The van der Waals surface area contributed by atoms with E-state index in [0.717, 1.165) is 15.5 Å². The molecule has 1 rings (SSSR count). The van der Waals surface area contributed by atoms with Crippen molar-refractivity contribution in [3.63, 3.8) is 0 Å². The van der Waals surface area contributed by atoms with E-state index in [1.807, 2.05) is 38.3 Å². The van der Waals surface area contributed by atoms with Gasteiger partial charge in [-0.25, -0.2) is 0 Å². The highest BCUT2D eigenvalue weighted by Crippen LogP contribution is 2.30. The van der Waals surface area contributed by atoms with Gasteiger partial charge >= 0.3 is 5.97 Å². The van der Waals surface area contributed by atoms with Crippen LogP contribution in [0.5, 0.6) is 0 Å². The van der Waals surface area contributed by atoms with Crippen molar-refractivity contribution in [1.82, 2.24) is 0 Å². The Hall–Kier alpha value is -0.670. The summed E-state index contributed by atoms with van der Waals surface area (Å²) in [7, 11) is 0. The normalized spacial score (nSPS) is 14.2. The van der Waals surface area contributed by atoms with E-state index >= 15 is 0 Å². The number of carbonyl (C=O) groups excluding carboxylic acids is 1. The Morgan fingerprint density at radius 2 is 2.06 bits per heavy atom. The fourth-order valence-electron chi connectivity index (χ4n) is 1.60. The summed E-state index contributed by atoms with van der Waals surface area (Å²) in [5.74, 6) is -0.122. The molecule has 0 aromatic heterocycles. The summed E-state index contributed by atoms with van der Waals surface area (Å²) in [6, 6.07) is 5.97. The zero-order chi connectivity index (χ0) is 13.0. The van der Waals surface area contributed by atoms with E-state index in [0.29, 0.717) is 0 Å². The smallest absolute Gasteiger partial charge is 0.302 e. The number of halogens is 1. The molecule has 0 radical (unpaired) electrons. The maximum atomic E-state index is 10.9. The highest BCUT2D eigenvalue weighted by Gasteiger charge is 2.17. The van der Waals surface area contributed by atoms with E-state index in [9.17, 15) is 4.79 Å². The van der Waals surface area contributed by atoms with Gasteiger partial charge in [-0.05, 0) is 30.9 Å². The Morgan fingerprint density at radius 3 is 2.53 bits per heavy atom. The summed E-state index contributed by atoms with van der Waals surface area (Å²) in [5.41, 5.74) is 1.08. The first kappa shape index (κ1) is 14.4. The molecule has 0 saturated carbocycles. The molecule has 0 heterocycles. The average molecular weight is 273 g/mol. The second-order valence-corrected chi connectivity index (χ2v) is 5.25. The number of esters is 1. The third-order valence-electron chi connectivity index (χ3n) is 2.76. The SMILES string of the molecule is CSc1ccc([C@H](C)[C@H](C)OC(C)=O)cc1Cl. The Balaban J connectivity index is 2.85. The number of hydrogen-bond donors (Lipinski definition) is 0. The van der Waals surface area contributed by atoms with Crippen LogP contribution in [-0.4, -0.2) is 18.3 Å². The monoisotopic (exact) mass is 272 g/mol. The predicted molar refractivity (Wildman–Crippen MR) is 72.9 cm³/mol. The van der Waals surface area contributed by atoms with Crippen molar-refractivity contribution in [3.05, 3.63) is 28.8 Å². The van der Waals surface area contributed by atoms with Crippen molar-refractivity contribution in [1.29, 1.82) is 0 Å². The maximum absolute atomic E-state index is 10.9. The molecule has 0 N–H and O–H groups in total. The zero-order valence-corrected chi connectivity index (χ0v) is 12.1. The highest BCUT2D eigenvalue weighted by atomic mass is 35.5. The van der Waals surface area contributed by atoms with Crippen LogP contribution in [0.1, 0.15) is 32.3 Å². The van der Waals surface area contributed by atoms with Crippen LogP contribution in [0.3, 0.4) is 0 Å². The van der Waals surface area contributed by atoms with Crippen molar-refractivity contribution in [2.24, 2.45) is 0 Å². The Morgan fingerprint density at radius 1 is 1.41 bits per heavy atom. The van der Waals surface area contributed by atoms with E-state index in [4.69, 9.17) is 16.3 Å². The summed E-state index contributed by atoms with van der Waals surface area (Å²) in [6.45, 7) is 5.34. The van der Waals surface area contributed by atoms with Gasteiger partial charge < -0.3 is 4.74 Å². The molecule has 0 aliphatic rings. The number of thioether (sulfide) groups is 1. The van der Waals surface area contributed by atoms with Gasteiger partial charge in [0.05, 0.1) is 5.02 Å². The second-order valence-electron chi connectivity index (χ2n) is 4.00. The van der Waals surface area contributed by atoms with Gasteiger partial charge in [0, 0.05) is 17.7 Å². The molecule has 0 aliphatic heterocycles. The van der Waals surface area contributed by atoms with Crippen LogP contribution in [0.4, 0.5) is 0 Å². The minimum absolute atomic E-state index is 0.132. The third kappa shape index (κ3) is 3.93. The van der Waals surface area contributed by atoms with E-state index in [1.165, 1.54) is 6.92 Å². The number of hydrogen-bond acceptors (Lipinski definition) is 3. The molecule has 0 fully saturated rings. The first-order valence-corrected chi connectivity index (χ1v) is 7.06. The largest absolute Gasteiger partial charge is 0.462 e. The number of ether oxygens (including phenoxy) is 1. The fourth-order valence-corrected chi connectivity index (χ4v) is 2.48. The van der Waals surface area contributed by atoms with Crippen LogP contribution in [0, 0.1) is 0 Å². The quantitative estimate of drug-likeness (QED) is 0.609. The van der Waals surface area contributed by atoms with Crippen molar-refractivity contribution in [2.75, 3.05) is 6.26 Å². The van der Waals surface area contributed by atoms with Crippen molar-refractivity contribution in [3.8, 4) is 0 Å². The lowest BCUT2D eigenvalue weighted by atomic mass is 9.96. The van der Waals surface area contributed by atoms with E-state index in [-0.39, 0.29) is 18.0 Å². The summed E-state index contributed by atoms with van der Waals surface area (Å²) >= 11 is 7.77. The van der Waals surface area contributed by atoms with Crippen LogP contribution < -0.4 is 0 Å². The first-order valence-electron chi connectivity index (χ1n) is 5.46. The van der Waals surface area contributed by atoms with Gasteiger partial charge in [0.1, 0.15) is 6.10 Å². The molecule has 4 heteroatoms. The molecule has 1 aromatic carbocycles. The number of benzene rings is 1. The topological polar surface area (TPSA) is 26.3 Å². The molecule has 0 saturated heterocycles. The van der Waals surface area contributed by atoms with Crippen LogP contribution in [0.25, 0.3) is 0 Å². The number of carbonyl (C=O) groups is 1. The summed E-state index contributed by atoms with van der Waals surface area (Å²) in [5, 5.41) is 0.747. The fraction of sp³-hybridized carbons (Fsp3) is 0.462. The standard InChI is InChI=1S/C13H17ClO2S/c1-8(9(2)16-10(3)15)11-5-6-13(17-4)12(14)7-11/h5-9H,1-4H3/t8-,9+/m1/s1. The van der Waals surface area contributed by atoms with Gasteiger partial charge in [-0.2, -0.15) is 0 Å². The molecule has 2 nitrogen and oxygen atoms in total. The summed E-state index contributed by atoms with van der Waals surface area (Å²) in [4.78, 5) is 12.0. The molecule has 0 amide bonds. The minimum Gasteiger partial charge on any atom is -0.462 e. The molecular formula is C13H17ClO2S. The van der Waals surface area contributed by atoms with E-state index in [1.54, 1.807) is 11.8 Å². The Labute approximate surface area is 112 Å². The van der Waals surface area contributed by atoms with Crippen LogP contribution >= 0.6 is 23.4 Å². The van der Waals surface area contributed by atoms with Crippen molar-refractivity contribution in [2.45, 2.75) is 37.7 Å². The van der Waals surface area contributed by atoms with Gasteiger partial charge in [0.2, 0.25) is 0 Å². The van der Waals surface area contributed by atoms with E-state index < -0.39 is 0 Å². The molecule has 0 aliphatic carbocycles. The van der Waals surface area contributed by atoms with Gasteiger partial charge in [-0.3, -0.25) is 4.79 Å². The van der Waals surface area contributed by atoms with Crippen LogP contribution in [0.2, 0.25) is 5.02 Å². The molecular weight excluding hydrogens is 256 g/mol. The molecule has 0 spiro atoms. The number of rotatable bonds is 4. The Kier molecular flexibility index (Phi) is 5.34. The predicted octanol–water partition coefficient (Wildman–Crippen LogP) is 4.12. The maximum Gasteiger partial charge on any atom is 0.302 e. The lowest BCUT2D eigenvalue weighted by Crippen LogP contribution is -2.19. The van der Waals surface area contributed by atoms with Crippen molar-refractivity contribution < 1.29 is 9.53 Å². The van der Waals surface area contributed by atoms with Crippen LogP contribution in [0.15, 0.2) is 23.1 Å². The van der Waals surface area contributed by atoms with Gasteiger partial charge in [-0.15, -0.1) is 11.8 Å². The lowest BCUT2D eigenvalue weighted by molar-refractivity contribution is -0.146. The second kappa shape index (κ2) is 6.31. The first-order chi connectivity index (χ1) is 7.95. The van der Waals surface area contributed by atoms with Gasteiger partial charge in [0.25, 0.3) is 0 Å². The summed E-state index contributed by atoms with van der Waals surface area (Å²) < 4.78 is 5.18. The molecule has 2 atom stereocenters. The minimum atomic E-state index is -0.254. The Bertz CT molecular complexity index is 406. The third-order valence-corrected chi connectivity index (χ3v) is 3.98.